The van der Waals surface area contributed by atoms with Crippen LogP contribution in [-0.2, 0) is 0 Å². The Bertz CT molecular complexity index is 1080. The lowest BCUT2D eigenvalue weighted by molar-refractivity contribution is 0.220. The Morgan fingerprint density at radius 3 is 2.32 bits per heavy atom. The van der Waals surface area contributed by atoms with Crippen molar-refractivity contribution < 1.29 is 4.74 Å². The van der Waals surface area contributed by atoms with Crippen LogP contribution in [0, 0.1) is 6.92 Å². The first-order valence-corrected chi connectivity index (χ1v) is 9.91. The van der Waals surface area contributed by atoms with Gasteiger partial charge < -0.3 is 9.64 Å². The molecule has 0 N–H and O–H groups in total. The van der Waals surface area contributed by atoms with E-state index in [2.05, 4.69) is 36.9 Å². The third kappa shape index (κ3) is 3.34. The second-order valence-corrected chi connectivity index (χ2v) is 6.87. The summed E-state index contributed by atoms with van der Waals surface area (Å²) in [6.07, 6.45) is 0. The average Bonchev–Trinajstić information content (AvgIpc) is 3.08. The van der Waals surface area contributed by atoms with Gasteiger partial charge in [-0.2, -0.15) is 10.1 Å². The van der Waals surface area contributed by atoms with Crippen molar-refractivity contribution in [1.82, 2.24) is 19.7 Å². The molecule has 0 radical (unpaired) electrons. The highest BCUT2D eigenvalue weighted by molar-refractivity contribution is 6.08. The van der Waals surface area contributed by atoms with Crippen molar-refractivity contribution in [2.45, 2.75) is 20.8 Å². The van der Waals surface area contributed by atoms with Gasteiger partial charge in [-0.15, -0.1) is 0 Å². The fourth-order valence-corrected chi connectivity index (χ4v) is 3.65. The van der Waals surface area contributed by atoms with E-state index in [9.17, 15) is 0 Å². The summed E-state index contributed by atoms with van der Waals surface area (Å²) in [7, 11) is 0. The molecule has 0 aliphatic heterocycles. The molecule has 0 aliphatic rings. The number of hydrogen-bond acceptors (Lipinski definition) is 4. The van der Waals surface area contributed by atoms with Gasteiger partial charge in [0.15, 0.2) is 5.65 Å². The topological polar surface area (TPSA) is 43.2 Å². The molecule has 4 aromatic rings. The normalized spacial score (nSPS) is 11.6. The molecule has 0 aliphatic carbocycles. The predicted molar refractivity (Wildman–Crippen MR) is 114 cm³/mol. The van der Waals surface area contributed by atoms with Gasteiger partial charge in [-0.3, -0.25) is 0 Å². The second kappa shape index (κ2) is 7.98. The molecule has 0 unspecified atom stereocenters. The molecule has 28 heavy (non-hydrogen) atoms. The summed E-state index contributed by atoms with van der Waals surface area (Å²) < 4.78 is 8.08. The van der Waals surface area contributed by atoms with Gasteiger partial charge in [0.1, 0.15) is 6.61 Å². The van der Waals surface area contributed by atoms with Crippen LogP contribution in [0.2, 0.25) is 0 Å². The van der Waals surface area contributed by atoms with E-state index in [1.54, 1.807) is 0 Å². The molecule has 5 heteroatoms. The number of para-hydroxylation sites is 1. The highest BCUT2D eigenvalue weighted by Gasteiger charge is 2.17. The van der Waals surface area contributed by atoms with E-state index in [4.69, 9.17) is 14.8 Å². The summed E-state index contributed by atoms with van der Waals surface area (Å²) >= 11 is 0. The van der Waals surface area contributed by atoms with Gasteiger partial charge in [-0.1, -0.05) is 50.2 Å². The first-order chi connectivity index (χ1) is 13.7. The SMILES string of the molecule is CCN(CC)CCOc1nc2c(c(C)nn2-c2ccccc2)c2ccccc12. The molecule has 4 rings (SSSR count). The molecule has 2 aromatic heterocycles. The molecule has 0 amide bonds. The number of ether oxygens (including phenoxy) is 1. The molecule has 0 saturated heterocycles. The van der Waals surface area contributed by atoms with Crippen LogP contribution in [0.1, 0.15) is 19.5 Å². The van der Waals surface area contributed by atoms with E-state index in [-0.39, 0.29) is 0 Å². The first-order valence-electron chi connectivity index (χ1n) is 9.91. The number of aromatic nitrogens is 3. The quantitative estimate of drug-likeness (QED) is 0.474. The second-order valence-electron chi connectivity index (χ2n) is 6.87. The van der Waals surface area contributed by atoms with Gasteiger partial charge in [0, 0.05) is 11.9 Å². The van der Waals surface area contributed by atoms with Crippen molar-refractivity contribution in [2.24, 2.45) is 0 Å². The van der Waals surface area contributed by atoms with E-state index in [1.165, 1.54) is 0 Å². The first kappa shape index (κ1) is 18.4. The van der Waals surface area contributed by atoms with Gasteiger partial charge >= 0.3 is 0 Å². The minimum atomic E-state index is 0.614. The molecule has 2 heterocycles. The number of likely N-dealkylation sites (N-methyl/N-ethyl adjacent to an activating group) is 1. The summed E-state index contributed by atoms with van der Waals surface area (Å²) in [5.41, 5.74) is 2.80. The third-order valence-electron chi connectivity index (χ3n) is 5.21. The van der Waals surface area contributed by atoms with Gasteiger partial charge in [-0.25, -0.2) is 4.68 Å². The number of rotatable bonds is 7. The van der Waals surface area contributed by atoms with Gasteiger partial charge in [-0.05, 0) is 43.6 Å². The molecule has 0 fully saturated rings. The van der Waals surface area contributed by atoms with Crippen LogP contribution in [0.25, 0.3) is 27.5 Å². The summed E-state index contributed by atoms with van der Waals surface area (Å²) in [5, 5.41) is 8.02. The van der Waals surface area contributed by atoms with Crippen LogP contribution in [0.15, 0.2) is 54.6 Å². The molecular formula is C23H26N4O. The van der Waals surface area contributed by atoms with E-state index < -0.39 is 0 Å². The molecule has 0 atom stereocenters. The van der Waals surface area contributed by atoms with Gasteiger partial charge in [0.2, 0.25) is 5.88 Å². The third-order valence-corrected chi connectivity index (χ3v) is 5.21. The van der Waals surface area contributed by atoms with Crippen molar-refractivity contribution in [1.29, 1.82) is 0 Å². The Hall–Kier alpha value is -2.92. The predicted octanol–water partition coefficient (Wildman–Crippen LogP) is 4.60. The van der Waals surface area contributed by atoms with Crippen LogP contribution in [0.5, 0.6) is 5.88 Å². The molecule has 0 spiro atoms. The lowest BCUT2D eigenvalue weighted by Gasteiger charge is -2.18. The molecular weight excluding hydrogens is 348 g/mol. The highest BCUT2D eigenvalue weighted by atomic mass is 16.5. The van der Waals surface area contributed by atoms with E-state index in [1.807, 2.05) is 48.0 Å². The standard InChI is InChI=1S/C23H26N4O/c1-4-26(5-2)15-16-28-23-20-14-10-9-13-19(20)21-17(3)25-27(22(21)24-23)18-11-7-6-8-12-18/h6-14H,4-5,15-16H2,1-3H3. The van der Waals surface area contributed by atoms with Gasteiger partial charge in [0.05, 0.1) is 16.8 Å². The van der Waals surface area contributed by atoms with Crippen molar-refractivity contribution in [2.75, 3.05) is 26.2 Å². The fourth-order valence-electron chi connectivity index (χ4n) is 3.65. The minimum Gasteiger partial charge on any atom is -0.476 e. The number of aryl methyl sites for hydroxylation is 1. The lowest BCUT2D eigenvalue weighted by Crippen LogP contribution is -2.28. The monoisotopic (exact) mass is 374 g/mol. The molecule has 2 aromatic carbocycles. The number of fused-ring (bicyclic) bond motifs is 3. The Labute approximate surface area is 165 Å². The summed E-state index contributed by atoms with van der Waals surface area (Å²) in [6, 6.07) is 18.4. The van der Waals surface area contributed by atoms with Crippen molar-refractivity contribution in [3.8, 4) is 11.6 Å². The molecule has 0 saturated carbocycles. The van der Waals surface area contributed by atoms with Crippen molar-refractivity contribution >= 4 is 21.8 Å². The number of benzene rings is 2. The summed E-state index contributed by atoms with van der Waals surface area (Å²) in [4.78, 5) is 7.26. The average molecular weight is 374 g/mol. The van der Waals surface area contributed by atoms with Crippen molar-refractivity contribution in [3.05, 3.63) is 60.3 Å². The Morgan fingerprint density at radius 2 is 1.61 bits per heavy atom. The zero-order valence-corrected chi connectivity index (χ0v) is 16.7. The number of nitrogens with zero attached hydrogens (tertiary/aromatic N) is 4. The zero-order valence-electron chi connectivity index (χ0n) is 16.7. The van der Waals surface area contributed by atoms with Crippen LogP contribution in [0.4, 0.5) is 0 Å². The fraction of sp³-hybridized carbons (Fsp3) is 0.304. The number of hydrogen-bond donors (Lipinski definition) is 0. The Morgan fingerprint density at radius 1 is 0.929 bits per heavy atom. The van der Waals surface area contributed by atoms with Crippen LogP contribution >= 0.6 is 0 Å². The summed E-state index contributed by atoms with van der Waals surface area (Å²) in [6.45, 7) is 9.92. The lowest BCUT2D eigenvalue weighted by atomic mass is 10.1. The van der Waals surface area contributed by atoms with Gasteiger partial charge in [0.25, 0.3) is 0 Å². The van der Waals surface area contributed by atoms with E-state index >= 15 is 0 Å². The maximum atomic E-state index is 6.17. The zero-order chi connectivity index (χ0) is 19.5. The maximum Gasteiger partial charge on any atom is 0.223 e. The molecule has 0 bridgehead atoms. The van der Waals surface area contributed by atoms with Crippen LogP contribution < -0.4 is 4.74 Å². The smallest absolute Gasteiger partial charge is 0.223 e. The van der Waals surface area contributed by atoms with E-state index in [0.717, 1.165) is 52.8 Å². The van der Waals surface area contributed by atoms with Crippen LogP contribution in [-0.4, -0.2) is 45.9 Å². The molecule has 5 nitrogen and oxygen atoms in total. The summed E-state index contributed by atoms with van der Waals surface area (Å²) in [5.74, 6) is 0.673. The minimum absolute atomic E-state index is 0.614. The highest BCUT2D eigenvalue weighted by Crippen LogP contribution is 2.33. The van der Waals surface area contributed by atoms with Crippen LogP contribution in [0.3, 0.4) is 0 Å². The van der Waals surface area contributed by atoms with Crippen molar-refractivity contribution in [3.63, 3.8) is 0 Å². The maximum absolute atomic E-state index is 6.17. The largest absolute Gasteiger partial charge is 0.476 e. The Kier molecular flexibility index (Phi) is 5.26. The Balaban J connectivity index is 1.82. The number of pyridine rings is 1. The van der Waals surface area contributed by atoms with E-state index in [0.29, 0.717) is 12.5 Å². The molecule has 144 valence electrons.